The number of rotatable bonds is 4. The maximum Gasteiger partial charge on any atom is 0.336 e. The van der Waals surface area contributed by atoms with Crippen LogP contribution < -0.4 is 0 Å². The highest BCUT2D eigenvalue weighted by atomic mass is 19.1. The van der Waals surface area contributed by atoms with Gasteiger partial charge in [-0.1, -0.05) is 0 Å². The van der Waals surface area contributed by atoms with Crippen LogP contribution in [0, 0.1) is 5.82 Å². The second-order valence-electron chi connectivity index (χ2n) is 4.87. The number of halogens is 1. The molecule has 1 N–H and O–H groups in total. The van der Waals surface area contributed by atoms with Crippen LogP contribution in [0.15, 0.2) is 18.2 Å². The number of ether oxygens (including phenoxy) is 1. The Labute approximate surface area is 111 Å². The molecule has 0 aromatic heterocycles. The number of nitrogens with zero attached hydrogens (tertiary/aromatic N) is 1. The summed E-state index contributed by atoms with van der Waals surface area (Å²) in [5.74, 6) is -1.42. The maximum atomic E-state index is 13.3. The molecular formula is C14H18FNO3. The largest absolute Gasteiger partial charge is 0.478 e. The van der Waals surface area contributed by atoms with Crippen LogP contribution in [0.2, 0.25) is 0 Å². The first-order valence-corrected chi connectivity index (χ1v) is 6.37. The van der Waals surface area contributed by atoms with E-state index in [1.54, 1.807) is 0 Å². The van der Waals surface area contributed by atoms with Crippen LogP contribution in [0.5, 0.6) is 0 Å². The van der Waals surface area contributed by atoms with Gasteiger partial charge < -0.3 is 9.84 Å². The van der Waals surface area contributed by atoms with Crippen molar-refractivity contribution >= 4 is 5.97 Å². The number of hydrogen-bond donors (Lipinski definition) is 1. The average Bonchev–Trinajstić information content (AvgIpc) is 2.39. The Morgan fingerprint density at radius 2 is 2.16 bits per heavy atom. The van der Waals surface area contributed by atoms with Crippen LogP contribution in [-0.2, 0) is 11.3 Å². The zero-order valence-corrected chi connectivity index (χ0v) is 10.9. The molecule has 0 saturated carbocycles. The molecule has 1 aromatic carbocycles. The highest BCUT2D eigenvalue weighted by Crippen LogP contribution is 2.18. The van der Waals surface area contributed by atoms with E-state index in [0.29, 0.717) is 18.2 Å². The van der Waals surface area contributed by atoms with Gasteiger partial charge in [-0.15, -0.1) is 0 Å². The van der Waals surface area contributed by atoms with E-state index in [4.69, 9.17) is 9.84 Å². The van der Waals surface area contributed by atoms with Gasteiger partial charge in [-0.2, -0.15) is 0 Å². The van der Waals surface area contributed by atoms with Crippen molar-refractivity contribution in [2.45, 2.75) is 25.4 Å². The molecule has 0 aliphatic carbocycles. The molecule has 19 heavy (non-hydrogen) atoms. The lowest BCUT2D eigenvalue weighted by Crippen LogP contribution is -2.36. The summed E-state index contributed by atoms with van der Waals surface area (Å²) in [6.45, 7) is 1.89. The molecule has 0 bridgehead atoms. The molecule has 2 rings (SSSR count). The topological polar surface area (TPSA) is 49.8 Å². The molecule has 5 heteroatoms. The van der Waals surface area contributed by atoms with Crippen molar-refractivity contribution in [2.75, 3.05) is 20.3 Å². The van der Waals surface area contributed by atoms with Crippen LogP contribution in [0.3, 0.4) is 0 Å². The number of aromatic carboxylic acids is 1. The van der Waals surface area contributed by atoms with Crippen LogP contribution in [0.4, 0.5) is 4.39 Å². The summed E-state index contributed by atoms with van der Waals surface area (Å²) >= 11 is 0. The minimum Gasteiger partial charge on any atom is -0.478 e. The van der Waals surface area contributed by atoms with Crippen molar-refractivity contribution in [2.24, 2.45) is 0 Å². The molecule has 0 spiro atoms. The van der Waals surface area contributed by atoms with E-state index in [9.17, 15) is 9.18 Å². The lowest BCUT2D eigenvalue weighted by molar-refractivity contribution is 0.0403. The minimum atomic E-state index is -1.02. The SMILES string of the molecule is CN(Cc1cc(F)ccc1C(=O)O)C1CCOCC1. The van der Waals surface area contributed by atoms with Gasteiger partial charge in [0.05, 0.1) is 5.56 Å². The van der Waals surface area contributed by atoms with Crippen molar-refractivity contribution in [1.29, 1.82) is 0 Å². The van der Waals surface area contributed by atoms with Crippen LogP contribution in [0.1, 0.15) is 28.8 Å². The fourth-order valence-corrected chi connectivity index (χ4v) is 2.43. The molecule has 1 fully saturated rings. The average molecular weight is 267 g/mol. The molecule has 1 heterocycles. The summed E-state index contributed by atoms with van der Waals surface area (Å²) in [6.07, 6.45) is 1.85. The summed E-state index contributed by atoms with van der Waals surface area (Å²) in [6, 6.07) is 4.17. The summed E-state index contributed by atoms with van der Waals surface area (Å²) in [4.78, 5) is 13.2. The third kappa shape index (κ3) is 3.52. The summed E-state index contributed by atoms with van der Waals surface area (Å²) in [5, 5.41) is 9.12. The predicted octanol–water partition coefficient (Wildman–Crippen LogP) is 2.13. The second-order valence-corrected chi connectivity index (χ2v) is 4.87. The van der Waals surface area contributed by atoms with E-state index in [1.807, 2.05) is 7.05 Å². The molecule has 1 aliphatic heterocycles. The van der Waals surface area contributed by atoms with Crippen molar-refractivity contribution in [3.8, 4) is 0 Å². The predicted molar refractivity (Wildman–Crippen MR) is 68.7 cm³/mol. The van der Waals surface area contributed by atoms with Gasteiger partial charge in [-0.25, -0.2) is 9.18 Å². The van der Waals surface area contributed by atoms with E-state index in [1.165, 1.54) is 18.2 Å². The Morgan fingerprint density at radius 3 is 2.79 bits per heavy atom. The monoisotopic (exact) mass is 267 g/mol. The summed E-state index contributed by atoms with van der Waals surface area (Å²) in [7, 11) is 1.94. The van der Waals surface area contributed by atoms with E-state index >= 15 is 0 Å². The van der Waals surface area contributed by atoms with Crippen LogP contribution >= 0.6 is 0 Å². The van der Waals surface area contributed by atoms with Crippen molar-refractivity contribution in [3.63, 3.8) is 0 Å². The molecule has 0 radical (unpaired) electrons. The van der Waals surface area contributed by atoms with Gasteiger partial charge >= 0.3 is 5.97 Å². The van der Waals surface area contributed by atoms with E-state index in [0.717, 1.165) is 26.1 Å². The fraction of sp³-hybridized carbons (Fsp3) is 0.500. The van der Waals surface area contributed by atoms with Gasteiger partial charge in [0.1, 0.15) is 5.82 Å². The highest BCUT2D eigenvalue weighted by molar-refractivity contribution is 5.89. The minimum absolute atomic E-state index is 0.167. The molecule has 0 amide bonds. The molecule has 4 nitrogen and oxygen atoms in total. The van der Waals surface area contributed by atoms with Gasteiger partial charge in [0.2, 0.25) is 0 Å². The van der Waals surface area contributed by atoms with Crippen LogP contribution in [0.25, 0.3) is 0 Å². The standard InChI is InChI=1S/C14H18FNO3/c1-16(12-4-6-19-7-5-12)9-10-8-11(15)2-3-13(10)14(17)18/h2-3,8,12H,4-7,9H2,1H3,(H,17,18). The molecule has 1 saturated heterocycles. The smallest absolute Gasteiger partial charge is 0.336 e. The number of carbonyl (C=O) groups is 1. The van der Waals surface area contributed by atoms with Crippen LogP contribution in [-0.4, -0.2) is 42.3 Å². The summed E-state index contributed by atoms with van der Waals surface area (Å²) in [5.41, 5.74) is 0.682. The fourth-order valence-electron chi connectivity index (χ4n) is 2.43. The molecule has 104 valence electrons. The second kappa shape index (κ2) is 6.12. The van der Waals surface area contributed by atoms with Crippen molar-refractivity contribution < 1.29 is 19.0 Å². The van der Waals surface area contributed by atoms with Gasteiger partial charge in [-0.3, -0.25) is 4.90 Å². The van der Waals surface area contributed by atoms with Gasteiger partial charge in [0.25, 0.3) is 0 Å². The first-order valence-electron chi connectivity index (χ1n) is 6.37. The molecule has 1 aromatic rings. The van der Waals surface area contributed by atoms with E-state index in [2.05, 4.69) is 4.90 Å². The Bertz CT molecular complexity index is 458. The van der Waals surface area contributed by atoms with Crippen molar-refractivity contribution in [1.82, 2.24) is 4.90 Å². The van der Waals surface area contributed by atoms with E-state index < -0.39 is 11.8 Å². The Morgan fingerprint density at radius 1 is 1.47 bits per heavy atom. The number of carboxylic acid groups (broad SMARTS) is 1. The normalized spacial score (nSPS) is 16.8. The van der Waals surface area contributed by atoms with Gasteiger partial charge in [0.15, 0.2) is 0 Å². The highest BCUT2D eigenvalue weighted by Gasteiger charge is 2.20. The zero-order valence-electron chi connectivity index (χ0n) is 10.9. The quantitative estimate of drug-likeness (QED) is 0.908. The zero-order chi connectivity index (χ0) is 13.8. The first-order chi connectivity index (χ1) is 9.08. The van der Waals surface area contributed by atoms with Gasteiger partial charge in [-0.05, 0) is 43.7 Å². The maximum absolute atomic E-state index is 13.3. The lowest BCUT2D eigenvalue weighted by Gasteiger charge is -2.31. The Kier molecular flexibility index (Phi) is 4.50. The molecule has 0 unspecified atom stereocenters. The number of benzene rings is 1. The number of carboxylic acids is 1. The Hall–Kier alpha value is -1.46. The third-order valence-corrected chi connectivity index (χ3v) is 3.53. The lowest BCUT2D eigenvalue weighted by atomic mass is 10.0. The van der Waals surface area contributed by atoms with E-state index in [-0.39, 0.29) is 5.56 Å². The molecule has 0 atom stereocenters. The first kappa shape index (κ1) is 14.0. The van der Waals surface area contributed by atoms with Crippen molar-refractivity contribution in [3.05, 3.63) is 35.1 Å². The molecule has 1 aliphatic rings. The summed E-state index contributed by atoms with van der Waals surface area (Å²) < 4.78 is 18.6. The number of hydrogen-bond acceptors (Lipinski definition) is 3. The molecular weight excluding hydrogens is 249 g/mol. The third-order valence-electron chi connectivity index (χ3n) is 3.53. The van der Waals surface area contributed by atoms with Gasteiger partial charge in [0, 0.05) is 25.8 Å². The Balaban J connectivity index is 2.12.